The van der Waals surface area contributed by atoms with Crippen LogP contribution < -0.4 is 10.6 Å². The summed E-state index contributed by atoms with van der Waals surface area (Å²) in [5, 5.41) is 6.28. The Bertz CT molecular complexity index is 850. The third-order valence-electron chi connectivity index (χ3n) is 4.06. The molecule has 4 heteroatoms. The fourth-order valence-electron chi connectivity index (χ4n) is 2.59. The lowest BCUT2D eigenvalue weighted by Crippen LogP contribution is -2.22. The Hall–Kier alpha value is -3.01. The monoisotopic (exact) mass is 334 g/mol. The van der Waals surface area contributed by atoms with Crippen LogP contribution in [0, 0.1) is 13.8 Å². The minimum absolute atomic E-state index is 0.104. The Morgan fingerprint density at radius 2 is 1.68 bits per heavy atom. The summed E-state index contributed by atoms with van der Waals surface area (Å²) >= 11 is 0. The van der Waals surface area contributed by atoms with E-state index in [0.29, 0.717) is 12.1 Å². The molecule has 0 atom stereocenters. The predicted molar refractivity (Wildman–Crippen MR) is 99.6 cm³/mol. The van der Waals surface area contributed by atoms with Crippen LogP contribution in [0.25, 0.3) is 0 Å². The molecule has 0 unspecified atom stereocenters. The number of para-hydroxylation sites is 1. The fraction of sp³-hybridized carbons (Fsp3) is 0.190. The smallest absolute Gasteiger partial charge is 0.251 e. The number of hydrogen-bond acceptors (Lipinski definition) is 3. The maximum Gasteiger partial charge on any atom is 0.251 e. The molecule has 128 valence electrons. The number of carbonyl (C=O) groups is 1. The van der Waals surface area contributed by atoms with Gasteiger partial charge in [-0.1, -0.05) is 30.3 Å². The number of benzene rings is 2. The maximum absolute atomic E-state index is 12.2. The SMILES string of the molecule is Cc1ccc(CNC(=O)c2ccc(CNc3ccccc3C)cc2)o1. The van der Waals surface area contributed by atoms with Crippen LogP contribution in [0.2, 0.25) is 0 Å². The van der Waals surface area contributed by atoms with Crippen molar-refractivity contribution in [3.63, 3.8) is 0 Å². The summed E-state index contributed by atoms with van der Waals surface area (Å²) in [6.07, 6.45) is 0. The number of nitrogens with one attached hydrogen (secondary N) is 2. The van der Waals surface area contributed by atoms with Gasteiger partial charge in [0.1, 0.15) is 11.5 Å². The van der Waals surface area contributed by atoms with E-state index in [9.17, 15) is 4.79 Å². The molecule has 2 aromatic carbocycles. The van der Waals surface area contributed by atoms with Crippen LogP contribution in [0.15, 0.2) is 65.1 Å². The summed E-state index contributed by atoms with van der Waals surface area (Å²) in [5.74, 6) is 1.49. The topological polar surface area (TPSA) is 54.3 Å². The number of rotatable bonds is 6. The molecule has 2 N–H and O–H groups in total. The van der Waals surface area contributed by atoms with Crippen LogP contribution in [0.4, 0.5) is 5.69 Å². The van der Waals surface area contributed by atoms with Gasteiger partial charge in [-0.15, -0.1) is 0 Å². The number of anilines is 1. The lowest BCUT2D eigenvalue weighted by molar-refractivity contribution is 0.0948. The first-order chi connectivity index (χ1) is 12.1. The van der Waals surface area contributed by atoms with Crippen molar-refractivity contribution < 1.29 is 9.21 Å². The largest absolute Gasteiger partial charge is 0.465 e. The zero-order valence-corrected chi connectivity index (χ0v) is 14.5. The van der Waals surface area contributed by atoms with Crippen LogP contribution in [-0.2, 0) is 13.1 Å². The van der Waals surface area contributed by atoms with Gasteiger partial charge in [0.25, 0.3) is 5.91 Å². The summed E-state index contributed by atoms with van der Waals surface area (Å²) in [6.45, 7) is 5.08. The van der Waals surface area contributed by atoms with E-state index < -0.39 is 0 Å². The van der Waals surface area contributed by atoms with Gasteiger partial charge in [-0.05, 0) is 55.3 Å². The highest BCUT2D eigenvalue weighted by Gasteiger charge is 2.07. The lowest BCUT2D eigenvalue weighted by atomic mass is 10.1. The quantitative estimate of drug-likeness (QED) is 0.701. The Morgan fingerprint density at radius 1 is 0.920 bits per heavy atom. The third kappa shape index (κ3) is 4.51. The number of carbonyl (C=O) groups excluding carboxylic acids is 1. The van der Waals surface area contributed by atoms with E-state index in [-0.39, 0.29) is 5.91 Å². The van der Waals surface area contributed by atoms with Crippen molar-refractivity contribution in [1.29, 1.82) is 0 Å². The van der Waals surface area contributed by atoms with Crippen LogP contribution in [0.5, 0.6) is 0 Å². The highest BCUT2D eigenvalue weighted by molar-refractivity contribution is 5.94. The van der Waals surface area contributed by atoms with Crippen LogP contribution in [-0.4, -0.2) is 5.91 Å². The highest BCUT2D eigenvalue weighted by atomic mass is 16.3. The van der Waals surface area contributed by atoms with Gasteiger partial charge in [-0.3, -0.25) is 4.79 Å². The van der Waals surface area contributed by atoms with E-state index in [4.69, 9.17) is 4.42 Å². The second kappa shape index (κ2) is 7.71. The average Bonchev–Trinajstić information content (AvgIpc) is 3.05. The van der Waals surface area contributed by atoms with Gasteiger partial charge in [0.2, 0.25) is 0 Å². The average molecular weight is 334 g/mol. The lowest BCUT2D eigenvalue weighted by Gasteiger charge is -2.10. The van der Waals surface area contributed by atoms with Gasteiger partial charge in [0, 0.05) is 17.8 Å². The van der Waals surface area contributed by atoms with Gasteiger partial charge in [0.15, 0.2) is 0 Å². The first kappa shape index (κ1) is 16.8. The van der Waals surface area contributed by atoms with Gasteiger partial charge < -0.3 is 15.1 Å². The second-order valence-corrected chi connectivity index (χ2v) is 6.06. The zero-order valence-electron chi connectivity index (χ0n) is 14.5. The molecule has 25 heavy (non-hydrogen) atoms. The van der Waals surface area contributed by atoms with Gasteiger partial charge in [0.05, 0.1) is 6.54 Å². The molecule has 0 bridgehead atoms. The summed E-state index contributed by atoms with van der Waals surface area (Å²) in [5.41, 5.74) is 4.11. The normalized spacial score (nSPS) is 10.5. The van der Waals surface area contributed by atoms with Gasteiger partial charge in [-0.2, -0.15) is 0 Å². The van der Waals surface area contributed by atoms with Crippen molar-refractivity contribution in [1.82, 2.24) is 5.32 Å². The first-order valence-electron chi connectivity index (χ1n) is 8.34. The molecule has 1 aromatic heterocycles. The van der Waals surface area contributed by atoms with Crippen molar-refractivity contribution in [3.05, 3.63) is 88.9 Å². The summed E-state index contributed by atoms with van der Waals surface area (Å²) in [6, 6.07) is 19.6. The van der Waals surface area contributed by atoms with Gasteiger partial charge >= 0.3 is 0 Å². The molecule has 0 radical (unpaired) electrons. The molecule has 0 saturated heterocycles. The minimum Gasteiger partial charge on any atom is -0.465 e. The van der Waals surface area contributed by atoms with Crippen LogP contribution in [0.3, 0.4) is 0 Å². The van der Waals surface area contributed by atoms with Crippen LogP contribution >= 0.6 is 0 Å². The Morgan fingerprint density at radius 3 is 2.36 bits per heavy atom. The highest BCUT2D eigenvalue weighted by Crippen LogP contribution is 2.15. The Kier molecular flexibility index (Phi) is 5.19. The Balaban J connectivity index is 1.54. The standard InChI is InChI=1S/C21H22N2O2/c1-15-5-3-4-6-20(15)22-13-17-8-10-18(11-9-17)21(24)23-14-19-12-7-16(2)25-19/h3-12,22H,13-14H2,1-2H3,(H,23,24). The Labute approximate surface area is 147 Å². The van der Waals surface area contributed by atoms with E-state index >= 15 is 0 Å². The first-order valence-corrected chi connectivity index (χ1v) is 8.34. The molecule has 3 aromatic rings. The molecule has 4 nitrogen and oxygen atoms in total. The number of aryl methyl sites for hydroxylation is 2. The number of hydrogen-bond donors (Lipinski definition) is 2. The molecule has 3 rings (SSSR count). The van der Waals surface area contributed by atoms with Crippen molar-refractivity contribution >= 4 is 11.6 Å². The number of amides is 1. The van der Waals surface area contributed by atoms with Gasteiger partial charge in [-0.25, -0.2) is 0 Å². The molecular weight excluding hydrogens is 312 g/mol. The summed E-state index contributed by atoms with van der Waals surface area (Å²) < 4.78 is 5.45. The number of furan rings is 1. The zero-order chi connectivity index (χ0) is 17.6. The van der Waals surface area contributed by atoms with E-state index in [1.807, 2.05) is 55.5 Å². The summed E-state index contributed by atoms with van der Waals surface area (Å²) in [4.78, 5) is 12.2. The van der Waals surface area contributed by atoms with E-state index in [2.05, 4.69) is 29.7 Å². The molecule has 0 saturated carbocycles. The molecule has 0 aliphatic heterocycles. The summed E-state index contributed by atoms with van der Waals surface area (Å²) in [7, 11) is 0. The van der Waals surface area contributed by atoms with Crippen molar-refractivity contribution in [3.8, 4) is 0 Å². The van der Waals surface area contributed by atoms with E-state index in [1.54, 1.807) is 0 Å². The third-order valence-corrected chi connectivity index (χ3v) is 4.06. The maximum atomic E-state index is 12.2. The van der Waals surface area contributed by atoms with Crippen molar-refractivity contribution in [2.75, 3.05) is 5.32 Å². The molecular formula is C21H22N2O2. The molecule has 0 aliphatic carbocycles. The molecule has 0 spiro atoms. The van der Waals surface area contributed by atoms with E-state index in [0.717, 1.165) is 29.3 Å². The van der Waals surface area contributed by atoms with Crippen molar-refractivity contribution in [2.45, 2.75) is 26.9 Å². The molecule has 1 heterocycles. The molecule has 1 amide bonds. The molecule has 0 aliphatic rings. The predicted octanol–water partition coefficient (Wildman–Crippen LogP) is 4.44. The molecule has 0 fully saturated rings. The second-order valence-electron chi connectivity index (χ2n) is 6.06. The van der Waals surface area contributed by atoms with Crippen molar-refractivity contribution in [2.24, 2.45) is 0 Å². The fourth-order valence-corrected chi connectivity index (χ4v) is 2.59. The van der Waals surface area contributed by atoms with Crippen LogP contribution in [0.1, 0.15) is 33.0 Å². The minimum atomic E-state index is -0.104. The van der Waals surface area contributed by atoms with E-state index in [1.165, 1.54) is 5.56 Å².